The van der Waals surface area contributed by atoms with Crippen molar-refractivity contribution in [3.8, 4) is 0 Å². The number of hydrogen-bond acceptors (Lipinski definition) is 5. The van der Waals surface area contributed by atoms with E-state index in [-0.39, 0.29) is 11.8 Å². The molecule has 2 aliphatic heterocycles. The van der Waals surface area contributed by atoms with Crippen LogP contribution in [0.4, 0.5) is 4.39 Å². The molecule has 0 aromatic carbocycles. The van der Waals surface area contributed by atoms with E-state index in [2.05, 4.69) is 47.9 Å². The van der Waals surface area contributed by atoms with Crippen molar-refractivity contribution >= 4 is 11.4 Å². The Morgan fingerprint density at radius 3 is 2.93 bits per heavy atom. The molecule has 6 heteroatoms. The van der Waals surface area contributed by atoms with Crippen LogP contribution in [0.15, 0.2) is 35.2 Å². The number of nitrogens with zero attached hydrogens (tertiary/aromatic N) is 3. The van der Waals surface area contributed by atoms with Gasteiger partial charge in [0.25, 0.3) is 0 Å². The molecule has 3 heterocycles. The smallest absolute Gasteiger partial charge is 0.146 e. The number of rotatable bonds is 7. The van der Waals surface area contributed by atoms with Crippen molar-refractivity contribution < 1.29 is 4.39 Å². The Kier molecular flexibility index (Phi) is 7.89. The van der Waals surface area contributed by atoms with E-state index in [0.717, 1.165) is 43.7 Å². The second-order valence-electron chi connectivity index (χ2n) is 9.00. The number of allylic oxidation sites excluding steroid dienone is 1. The van der Waals surface area contributed by atoms with E-state index in [1.807, 2.05) is 12.1 Å². The number of aryl methyl sites for hydroxylation is 1. The minimum absolute atomic E-state index is 0.120. The van der Waals surface area contributed by atoms with Gasteiger partial charge in [0.05, 0.1) is 5.71 Å². The van der Waals surface area contributed by atoms with E-state index in [0.29, 0.717) is 36.6 Å². The van der Waals surface area contributed by atoms with Crippen molar-refractivity contribution in [1.82, 2.24) is 15.2 Å². The van der Waals surface area contributed by atoms with Crippen LogP contribution in [0.25, 0.3) is 0 Å². The summed E-state index contributed by atoms with van der Waals surface area (Å²) < 4.78 is 15.0. The second kappa shape index (κ2) is 10.4. The summed E-state index contributed by atoms with van der Waals surface area (Å²) in [6.45, 7) is 12.5. The van der Waals surface area contributed by atoms with E-state index in [1.165, 1.54) is 0 Å². The van der Waals surface area contributed by atoms with Gasteiger partial charge < -0.3 is 5.32 Å². The van der Waals surface area contributed by atoms with Crippen LogP contribution >= 0.6 is 0 Å². The molecule has 164 valence electrons. The molecule has 1 aromatic heterocycles. The second-order valence-corrected chi connectivity index (χ2v) is 9.00. The minimum atomic E-state index is -0.487. The first-order valence-electron chi connectivity index (χ1n) is 11.3. The third kappa shape index (κ3) is 5.41. The van der Waals surface area contributed by atoms with Gasteiger partial charge in [-0.05, 0) is 56.2 Å². The van der Waals surface area contributed by atoms with Crippen molar-refractivity contribution in [1.29, 1.82) is 5.41 Å². The zero-order chi connectivity index (χ0) is 21.7. The number of aliphatic imine (C=N–C) groups is 1. The number of pyridine rings is 1. The quantitative estimate of drug-likeness (QED) is 0.663. The van der Waals surface area contributed by atoms with Crippen molar-refractivity contribution in [2.24, 2.45) is 16.8 Å². The van der Waals surface area contributed by atoms with E-state index in [9.17, 15) is 4.39 Å². The summed E-state index contributed by atoms with van der Waals surface area (Å²) in [4.78, 5) is 11.3. The molecule has 2 N–H and O–H groups in total. The largest absolute Gasteiger partial charge is 0.311 e. The lowest BCUT2D eigenvalue weighted by Gasteiger charge is -2.40. The monoisotopic (exact) mass is 413 g/mol. The molecule has 0 amide bonds. The highest BCUT2D eigenvalue weighted by molar-refractivity contribution is 6.52. The summed E-state index contributed by atoms with van der Waals surface area (Å²) in [7, 11) is 0. The van der Waals surface area contributed by atoms with Gasteiger partial charge in [0.1, 0.15) is 11.5 Å². The van der Waals surface area contributed by atoms with Crippen LogP contribution in [0.1, 0.15) is 51.8 Å². The molecule has 3 rings (SSSR count). The number of halogens is 1. The first-order chi connectivity index (χ1) is 14.4. The van der Waals surface area contributed by atoms with Crippen LogP contribution in [0.5, 0.6) is 0 Å². The van der Waals surface area contributed by atoms with E-state index in [4.69, 9.17) is 5.41 Å². The number of fused-ring (bicyclic) bond motifs is 1. The molecular weight excluding hydrogens is 377 g/mol. The first-order valence-corrected chi connectivity index (χ1v) is 11.3. The Labute approximate surface area is 180 Å². The predicted octanol–water partition coefficient (Wildman–Crippen LogP) is 4.03. The van der Waals surface area contributed by atoms with E-state index >= 15 is 0 Å². The van der Waals surface area contributed by atoms with E-state index in [1.54, 1.807) is 12.3 Å². The molecule has 1 saturated heterocycles. The number of piperazine rings is 1. The molecule has 2 aliphatic rings. The molecule has 0 radical (unpaired) electrons. The van der Waals surface area contributed by atoms with Crippen molar-refractivity contribution in [3.63, 3.8) is 0 Å². The average Bonchev–Trinajstić information content (AvgIpc) is 2.98. The third-order valence-electron chi connectivity index (χ3n) is 6.65. The van der Waals surface area contributed by atoms with Gasteiger partial charge in [-0.15, -0.1) is 0 Å². The van der Waals surface area contributed by atoms with Crippen LogP contribution < -0.4 is 5.32 Å². The summed E-state index contributed by atoms with van der Waals surface area (Å²) in [5.41, 5.74) is 2.02. The highest BCUT2D eigenvalue weighted by Crippen LogP contribution is 2.21. The van der Waals surface area contributed by atoms with Gasteiger partial charge in [0.15, 0.2) is 0 Å². The summed E-state index contributed by atoms with van der Waals surface area (Å²) >= 11 is 0. The van der Waals surface area contributed by atoms with Crippen LogP contribution in [-0.4, -0.2) is 59.6 Å². The molecule has 0 spiro atoms. The van der Waals surface area contributed by atoms with Crippen LogP contribution in [-0.2, 0) is 6.42 Å². The highest BCUT2D eigenvalue weighted by Gasteiger charge is 2.28. The molecule has 30 heavy (non-hydrogen) atoms. The lowest BCUT2D eigenvalue weighted by molar-refractivity contribution is 0.119. The molecule has 3 unspecified atom stereocenters. The van der Waals surface area contributed by atoms with Gasteiger partial charge >= 0.3 is 0 Å². The molecule has 3 atom stereocenters. The molecule has 1 aromatic rings. The van der Waals surface area contributed by atoms with Crippen molar-refractivity contribution in [3.05, 3.63) is 41.5 Å². The maximum Gasteiger partial charge on any atom is 0.146 e. The Morgan fingerprint density at radius 1 is 1.37 bits per heavy atom. The van der Waals surface area contributed by atoms with Gasteiger partial charge in [-0.2, -0.15) is 0 Å². The van der Waals surface area contributed by atoms with Gasteiger partial charge in [0.2, 0.25) is 0 Å². The van der Waals surface area contributed by atoms with Crippen molar-refractivity contribution in [2.75, 3.05) is 26.2 Å². The summed E-state index contributed by atoms with van der Waals surface area (Å²) in [5, 5.41) is 12.1. The van der Waals surface area contributed by atoms with Crippen LogP contribution in [0.3, 0.4) is 0 Å². The van der Waals surface area contributed by atoms with Crippen molar-refractivity contribution in [2.45, 2.75) is 59.0 Å². The lowest BCUT2D eigenvalue weighted by atomic mass is 9.88. The Bertz CT molecular complexity index is 801. The Balaban J connectivity index is 1.64. The predicted molar refractivity (Wildman–Crippen MR) is 122 cm³/mol. The molecule has 1 fully saturated rings. The fraction of sp³-hybridized carbons (Fsp3) is 0.625. The van der Waals surface area contributed by atoms with Gasteiger partial charge in [0, 0.05) is 55.7 Å². The molecule has 0 bridgehead atoms. The molecule has 0 saturated carbocycles. The maximum atomic E-state index is 15.0. The van der Waals surface area contributed by atoms with Gasteiger partial charge in [-0.25, -0.2) is 4.39 Å². The SMILES string of the molecule is CC(C)C(C)C1CN(C(C)CC=C(F)C(=N)C2=NCCCc3ncccc32)CCN1. The number of nitrogens with one attached hydrogen (secondary N) is 2. The van der Waals surface area contributed by atoms with Crippen LogP contribution in [0.2, 0.25) is 0 Å². The maximum absolute atomic E-state index is 15.0. The summed E-state index contributed by atoms with van der Waals surface area (Å²) in [6, 6.07) is 4.43. The number of hydrogen-bond donors (Lipinski definition) is 2. The average molecular weight is 414 g/mol. The van der Waals surface area contributed by atoms with E-state index < -0.39 is 5.83 Å². The molecular formula is C24H36FN5. The highest BCUT2D eigenvalue weighted by atomic mass is 19.1. The van der Waals surface area contributed by atoms with Crippen LogP contribution in [0, 0.1) is 17.2 Å². The van der Waals surface area contributed by atoms with Gasteiger partial charge in [-0.3, -0.25) is 20.3 Å². The normalized spacial score (nSPS) is 22.8. The molecule has 5 nitrogen and oxygen atoms in total. The standard InChI is InChI=1S/C24H36FN5/c1-16(2)18(4)22-15-30(14-13-28-22)17(3)9-10-20(25)23(26)24-19-7-5-11-27-21(19)8-6-12-29-24/h5,7,10-11,16-18,22,26,28H,6,8-9,12-15H2,1-4H3. The number of aromatic nitrogens is 1. The third-order valence-corrected chi connectivity index (χ3v) is 6.65. The van der Waals surface area contributed by atoms with Gasteiger partial charge in [-0.1, -0.05) is 20.8 Å². The lowest BCUT2D eigenvalue weighted by Crippen LogP contribution is -2.56. The Morgan fingerprint density at radius 2 is 2.17 bits per heavy atom. The minimum Gasteiger partial charge on any atom is -0.311 e. The summed E-state index contributed by atoms with van der Waals surface area (Å²) in [5.74, 6) is 0.746. The fourth-order valence-electron chi connectivity index (χ4n) is 4.25. The topological polar surface area (TPSA) is 64.4 Å². The first kappa shape index (κ1) is 22.8. The molecule has 0 aliphatic carbocycles. The summed E-state index contributed by atoms with van der Waals surface area (Å²) in [6.07, 6.45) is 5.60. The fourth-order valence-corrected chi connectivity index (χ4v) is 4.25. The zero-order valence-electron chi connectivity index (χ0n) is 18.8. The zero-order valence-corrected chi connectivity index (χ0v) is 18.8. The Hall–Kier alpha value is -1.92.